The monoisotopic (exact) mass is 1010 g/mol. The molecule has 390 valence electrons. The molecule has 0 bridgehead atoms. The highest BCUT2D eigenvalue weighted by Gasteiger charge is 2.40. The van der Waals surface area contributed by atoms with Crippen LogP contribution >= 0.6 is 16.8 Å². The standard InChI is InChI=1S/C64H88O6P2/c1-37-43(59(9,10)11)35-47(63(21,22)23)55(69-71-65-49-29-27-28-30-50(49)66-71)51(37)52-38(2)44(60(12,13)14)36-48(64(24,25)26)56(52)70-72-67-53-41(31-39(57(3,4)5)33-45(53)61(15,16)17)42-32-40(58(6,7)8)34-46(54(42)68-72)62(18,19)20/h27-36H,1-26H3. The van der Waals surface area contributed by atoms with Gasteiger partial charge in [-0.2, -0.15) is 0 Å². The van der Waals surface area contributed by atoms with Gasteiger partial charge in [0.2, 0.25) is 0 Å². The lowest BCUT2D eigenvalue weighted by Gasteiger charge is -2.35. The zero-order valence-corrected chi connectivity index (χ0v) is 50.9. The van der Waals surface area contributed by atoms with Crippen molar-refractivity contribution in [3.05, 3.63) is 116 Å². The van der Waals surface area contributed by atoms with Crippen LogP contribution in [0.2, 0.25) is 0 Å². The smallest absolute Gasteiger partial charge is 0.408 e. The number of benzene rings is 5. The van der Waals surface area contributed by atoms with Crippen molar-refractivity contribution in [3.8, 4) is 34.1 Å². The molecule has 1 aliphatic heterocycles. The average Bonchev–Trinajstić information content (AvgIpc) is 3.53. The molecule has 0 aliphatic carbocycles. The van der Waals surface area contributed by atoms with Gasteiger partial charge in [0.25, 0.3) is 0 Å². The number of rotatable bonds is 5. The Kier molecular flexibility index (Phi) is 14.0. The maximum Gasteiger partial charge on any atom is 0.530 e. The van der Waals surface area contributed by atoms with Crippen LogP contribution in [0.5, 0.6) is 23.0 Å². The third-order valence-electron chi connectivity index (χ3n) is 14.2. The minimum atomic E-state index is -2.18. The Morgan fingerprint density at radius 1 is 0.361 bits per heavy atom. The summed E-state index contributed by atoms with van der Waals surface area (Å²) in [5, 5.41) is 2.06. The van der Waals surface area contributed by atoms with Crippen molar-refractivity contribution in [2.45, 2.75) is 223 Å². The number of para-hydroxylation sites is 2. The van der Waals surface area contributed by atoms with Crippen LogP contribution in [0.15, 0.2) is 69.1 Å². The molecule has 0 saturated carbocycles. The van der Waals surface area contributed by atoms with E-state index >= 15 is 0 Å². The van der Waals surface area contributed by atoms with Crippen molar-refractivity contribution < 1.29 is 26.5 Å². The molecular weight excluding hydrogens is 927 g/mol. The highest BCUT2D eigenvalue weighted by Crippen LogP contribution is 2.60. The van der Waals surface area contributed by atoms with Gasteiger partial charge in [-0.3, -0.25) is 0 Å². The van der Waals surface area contributed by atoms with Crippen molar-refractivity contribution in [2.24, 2.45) is 0 Å². The first-order valence-corrected chi connectivity index (χ1v) is 28.3. The van der Waals surface area contributed by atoms with E-state index in [0.29, 0.717) is 11.5 Å². The van der Waals surface area contributed by atoms with E-state index < -0.39 is 22.3 Å². The van der Waals surface area contributed by atoms with Crippen molar-refractivity contribution in [1.29, 1.82) is 0 Å². The van der Waals surface area contributed by atoms with Crippen LogP contribution in [0.3, 0.4) is 0 Å². The third kappa shape index (κ3) is 10.9. The lowest BCUT2D eigenvalue weighted by molar-refractivity contribution is 0.424. The van der Waals surface area contributed by atoms with Crippen molar-refractivity contribution in [3.63, 3.8) is 0 Å². The molecule has 1 aliphatic rings. The topological polar surface area (TPSA) is 63.2 Å². The molecule has 1 aromatic heterocycles. The van der Waals surface area contributed by atoms with Gasteiger partial charge in [-0.1, -0.05) is 203 Å². The van der Waals surface area contributed by atoms with Crippen LogP contribution in [-0.2, 0) is 43.3 Å². The van der Waals surface area contributed by atoms with Crippen LogP contribution in [0.25, 0.3) is 33.1 Å². The molecule has 6 aromatic rings. The summed E-state index contributed by atoms with van der Waals surface area (Å²) in [5.74, 6) is 2.80. The molecular formula is C64H88O6P2. The minimum absolute atomic E-state index is 0.134. The molecule has 0 atom stereocenters. The summed E-state index contributed by atoms with van der Waals surface area (Å²) < 4.78 is 43.3. The molecule has 0 amide bonds. The van der Waals surface area contributed by atoms with Gasteiger partial charge >= 0.3 is 16.8 Å². The SMILES string of the molecule is Cc1c(C(C)(C)C)cc(C(C)(C)C)c(OP2Oc3ccccc3O2)c1-c1c(C)c(C(C)(C)C)cc(C(C)(C)C)c1Op1oc2c(C(C)(C)C)cc(C(C)(C)C)cc2c2cc(C(C)(C)C)cc(C(C)(C)C)c2o1. The molecule has 0 N–H and O–H groups in total. The Balaban J connectivity index is 1.73. The van der Waals surface area contributed by atoms with E-state index in [-0.39, 0.29) is 37.9 Å². The van der Waals surface area contributed by atoms with Gasteiger partial charge in [0.05, 0.1) is 0 Å². The van der Waals surface area contributed by atoms with Gasteiger partial charge in [0, 0.05) is 44.2 Å². The Morgan fingerprint density at radius 2 is 0.681 bits per heavy atom. The minimum Gasteiger partial charge on any atom is -0.408 e. The van der Waals surface area contributed by atoms with E-state index in [1.807, 2.05) is 24.3 Å². The summed E-state index contributed by atoms with van der Waals surface area (Å²) in [7, 11) is -4.04. The molecule has 2 heterocycles. The van der Waals surface area contributed by atoms with Gasteiger partial charge in [-0.05, 0) is 115 Å². The molecule has 0 spiro atoms. The molecule has 5 aromatic carbocycles. The lowest BCUT2D eigenvalue weighted by Crippen LogP contribution is -2.22. The van der Waals surface area contributed by atoms with E-state index in [0.717, 1.165) is 77.9 Å². The molecule has 7 rings (SSSR count). The van der Waals surface area contributed by atoms with Gasteiger partial charge in [-0.25, -0.2) is 0 Å². The first-order valence-electron chi connectivity index (χ1n) is 26.1. The summed E-state index contributed by atoms with van der Waals surface area (Å²) in [6, 6.07) is 22.0. The Labute approximate surface area is 437 Å². The van der Waals surface area contributed by atoms with Gasteiger partial charge < -0.3 is 26.5 Å². The summed E-state index contributed by atoms with van der Waals surface area (Å²) in [6.07, 6.45) is 0. The summed E-state index contributed by atoms with van der Waals surface area (Å²) in [4.78, 5) is 0. The fourth-order valence-electron chi connectivity index (χ4n) is 9.99. The Hall–Kier alpha value is -4.37. The van der Waals surface area contributed by atoms with Gasteiger partial charge in [0.1, 0.15) is 22.7 Å². The Bertz CT molecular complexity index is 2990. The molecule has 0 saturated heterocycles. The van der Waals surface area contributed by atoms with Crippen LogP contribution in [0.4, 0.5) is 0 Å². The predicted molar refractivity (Wildman–Crippen MR) is 309 cm³/mol. The highest BCUT2D eigenvalue weighted by molar-refractivity contribution is 7.43. The maximum atomic E-state index is 7.86. The van der Waals surface area contributed by atoms with E-state index in [9.17, 15) is 0 Å². The number of hydrogen-bond donors (Lipinski definition) is 0. The van der Waals surface area contributed by atoms with Crippen molar-refractivity contribution in [2.75, 3.05) is 0 Å². The molecule has 0 fully saturated rings. The van der Waals surface area contributed by atoms with Crippen LogP contribution in [-0.4, -0.2) is 0 Å². The second-order valence-electron chi connectivity index (χ2n) is 28.8. The van der Waals surface area contributed by atoms with Crippen LogP contribution in [0.1, 0.15) is 222 Å². The van der Waals surface area contributed by atoms with E-state index in [4.69, 9.17) is 26.5 Å². The summed E-state index contributed by atoms with van der Waals surface area (Å²) in [6.45, 7) is 59.4. The normalized spacial score (nSPS) is 14.4. The van der Waals surface area contributed by atoms with Gasteiger partial charge in [-0.15, -0.1) is 0 Å². The van der Waals surface area contributed by atoms with Crippen molar-refractivity contribution in [1.82, 2.24) is 0 Å². The fraction of sp³-hybridized carbons (Fsp3) is 0.531. The molecule has 72 heavy (non-hydrogen) atoms. The lowest BCUT2D eigenvalue weighted by atomic mass is 9.72. The molecule has 0 radical (unpaired) electrons. The molecule has 8 heteroatoms. The summed E-state index contributed by atoms with van der Waals surface area (Å²) in [5.41, 5.74) is 13.0. The maximum absolute atomic E-state index is 7.86. The quantitative estimate of drug-likeness (QED) is 0.160. The number of fused-ring (bicyclic) bond motifs is 4. The zero-order chi connectivity index (χ0) is 54.0. The Morgan fingerprint density at radius 3 is 0.986 bits per heavy atom. The first-order chi connectivity index (χ1) is 32.6. The number of hydrogen-bond acceptors (Lipinski definition) is 6. The zero-order valence-electron chi connectivity index (χ0n) is 49.1. The fourth-order valence-corrected chi connectivity index (χ4v) is 12.2. The molecule has 0 unspecified atom stereocenters. The van der Waals surface area contributed by atoms with Crippen molar-refractivity contribution >= 4 is 38.8 Å². The van der Waals surface area contributed by atoms with E-state index in [2.05, 4.69) is 216 Å². The highest BCUT2D eigenvalue weighted by atomic mass is 31.2. The van der Waals surface area contributed by atoms with Crippen LogP contribution in [0, 0.1) is 13.8 Å². The second kappa shape index (κ2) is 18.2. The third-order valence-corrected chi connectivity index (χ3v) is 16.3. The van der Waals surface area contributed by atoms with Crippen LogP contribution < -0.4 is 18.1 Å². The van der Waals surface area contributed by atoms with E-state index in [1.54, 1.807) is 0 Å². The summed E-state index contributed by atoms with van der Waals surface area (Å²) >= 11 is 0. The second-order valence-corrected chi connectivity index (χ2v) is 30.8. The van der Waals surface area contributed by atoms with Gasteiger partial charge in [0.15, 0.2) is 11.5 Å². The predicted octanol–water partition coefficient (Wildman–Crippen LogP) is 20.9. The van der Waals surface area contributed by atoms with E-state index in [1.165, 1.54) is 22.3 Å². The average molecular weight is 1020 g/mol. The first kappa shape index (κ1) is 55.4. The molecule has 6 nitrogen and oxygen atoms in total. The largest absolute Gasteiger partial charge is 0.530 e.